The summed E-state index contributed by atoms with van der Waals surface area (Å²) < 4.78 is 23.2. The maximum Gasteiger partial charge on any atom is 0.379 e. The molecule has 0 aliphatic carbocycles. The fourth-order valence-corrected chi connectivity index (χ4v) is 5.27. The minimum Gasteiger partial charge on any atom is -0.496 e. The maximum atomic E-state index is 12.6. The van der Waals surface area contributed by atoms with Gasteiger partial charge in [0.15, 0.2) is 0 Å². The minimum absolute atomic E-state index is 0.152. The molecule has 0 saturated carbocycles. The highest BCUT2D eigenvalue weighted by Crippen LogP contribution is 2.43. The summed E-state index contributed by atoms with van der Waals surface area (Å²) in [5.41, 5.74) is 8.32. The number of fused-ring (bicyclic) bond motifs is 1. The molecule has 0 unspecified atom stereocenters. The third kappa shape index (κ3) is 5.48. The first-order chi connectivity index (χ1) is 19.0. The molecular weight excluding hydrogens is 502 g/mol. The standard InChI is InChI=1S/C34H35NO5/c1-20-8-9-21(2)30(16-20)38-19-27-25(13-14-28-32(27)22(3)18-34(5,6)35-28)26-12-11-24(17-31(26)37-7)40-33(36)29-15-10-23(4)39-29/h8-18,35H,19H2,1-7H3. The van der Waals surface area contributed by atoms with Crippen LogP contribution in [-0.4, -0.2) is 18.6 Å². The number of carbonyl (C=O) groups is 1. The van der Waals surface area contributed by atoms with Gasteiger partial charge in [-0.2, -0.15) is 0 Å². The van der Waals surface area contributed by atoms with Crippen LogP contribution in [-0.2, 0) is 6.61 Å². The summed E-state index contributed by atoms with van der Waals surface area (Å²) in [5.74, 6) is 2.04. The van der Waals surface area contributed by atoms with E-state index in [2.05, 4.69) is 76.3 Å². The lowest BCUT2D eigenvalue weighted by Gasteiger charge is -2.33. The summed E-state index contributed by atoms with van der Waals surface area (Å²) in [6, 6.07) is 19.2. The number of allylic oxidation sites excluding steroid dienone is 1. The predicted octanol–water partition coefficient (Wildman–Crippen LogP) is 8.29. The van der Waals surface area contributed by atoms with Gasteiger partial charge in [-0.05, 0) is 100 Å². The molecule has 3 aromatic carbocycles. The first-order valence-electron chi connectivity index (χ1n) is 13.4. The molecule has 40 heavy (non-hydrogen) atoms. The van der Waals surface area contributed by atoms with E-state index in [9.17, 15) is 4.79 Å². The van der Waals surface area contributed by atoms with Gasteiger partial charge in [-0.1, -0.05) is 24.3 Å². The van der Waals surface area contributed by atoms with Crippen molar-refractivity contribution >= 4 is 17.2 Å². The summed E-state index contributed by atoms with van der Waals surface area (Å²) in [6.45, 7) is 12.7. The average Bonchev–Trinajstić information content (AvgIpc) is 3.34. The molecule has 206 valence electrons. The molecule has 0 amide bonds. The highest BCUT2D eigenvalue weighted by Gasteiger charge is 2.27. The number of methoxy groups -OCH3 is 1. The van der Waals surface area contributed by atoms with Gasteiger partial charge in [0.1, 0.15) is 29.6 Å². The van der Waals surface area contributed by atoms with Gasteiger partial charge >= 0.3 is 5.97 Å². The van der Waals surface area contributed by atoms with Crippen LogP contribution < -0.4 is 19.5 Å². The Kier molecular flexibility index (Phi) is 7.19. The molecule has 2 heterocycles. The van der Waals surface area contributed by atoms with E-state index in [1.807, 2.05) is 6.07 Å². The first kappa shape index (κ1) is 27.1. The molecule has 5 rings (SSSR count). The van der Waals surface area contributed by atoms with Gasteiger partial charge in [-0.25, -0.2) is 4.79 Å². The van der Waals surface area contributed by atoms with E-state index in [0.29, 0.717) is 23.9 Å². The zero-order chi connectivity index (χ0) is 28.6. The molecule has 0 saturated heterocycles. The van der Waals surface area contributed by atoms with Gasteiger partial charge in [-0.15, -0.1) is 0 Å². The first-order valence-corrected chi connectivity index (χ1v) is 13.4. The van der Waals surface area contributed by atoms with Crippen molar-refractivity contribution in [1.29, 1.82) is 0 Å². The molecule has 6 nitrogen and oxygen atoms in total. The Balaban J connectivity index is 1.56. The number of hydrogen-bond donors (Lipinski definition) is 1. The third-order valence-electron chi connectivity index (χ3n) is 7.07. The Morgan fingerprint density at radius 2 is 1.68 bits per heavy atom. The number of nitrogens with one attached hydrogen (secondary N) is 1. The van der Waals surface area contributed by atoms with Crippen molar-refractivity contribution in [3.63, 3.8) is 0 Å². The van der Waals surface area contributed by atoms with Crippen LogP contribution in [0.3, 0.4) is 0 Å². The molecule has 0 radical (unpaired) electrons. The summed E-state index contributed by atoms with van der Waals surface area (Å²) in [7, 11) is 1.61. The number of rotatable bonds is 7. The zero-order valence-corrected chi connectivity index (χ0v) is 24.1. The van der Waals surface area contributed by atoms with Crippen LogP contribution in [0.25, 0.3) is 16.7 Å². The Morgan fingerprint density at radius 3 is 2.40 bits per heavy atom. The summed E-state index contributed by atoms with van der Waals surface area (Å²) in [6.07, 6.45) is 2.25. The van der Waals surface area contributed by atoms with E-state index >= 15 is 0 Å². The van der Waals surface area contributed by atoms with E-state index in [1.54, 1.807) is 38.3 Å². The van der Waals surface area contributed by atoms with Crippen molar-refractivity contribution < 1.29 is 23.4 Å². The second-order valence-corrected chi connectivity index (χ2v) is 10.9. The quantitative estimate of drug-likeness (QED) is 0.189. The summed E-state index contributed by atoms with van der Waals surface area (Å²) in [5, 5.41) is 3.65. The second kappa shape index (κ2) is 10.6. The van der Waals surface area contributed by atoms with Gasteiger partial charge < -0.3 is 23.9 Å². The van der Waals surface area contributed by atoms with Crippen molar-refractivity contribution in [3.8, 4) is 28.4 Å². The molecule has 1 aliphatic heterocycles. The topological polar surface area (TPSA) is 69.9 Å². The van der Waals surface area contributed by atoms with Gasteiger partial charge in [0, 0.05) is 28.4 Å². The number of ether oxygens (including phenoxy) is 3. The molecule has 4 aromatic rings. The van der Waals surface area contributed by atoms with Crippen LogP contribution >= 0.6 is 0 Å². The van der Waals surface area contributed by atoms with E-state index in [-0.39, 0.29) is 11.3 Å². The lowest BCUT2D eigenvalue weighted by Crippen LogP contribution is -2.32. The van der Waals surface area contributed by atoms with Crippen molar-refractivity contribution in [2.24, 2.45) is 0 Å². The molecule has 0 bridgehead atoms. The Hall–Kier alpha value is -4.45. The Labute approximate surface area is 235 Å². The average molecular weight is 538 g/mol. The smallest absolute Gasteiger partial charge is 0.379 e. The SMILES string of the molecule is COc1cc(OC(=O)c2ccc(C)o2)ccc1-c1ccc2c(c1COc1cc(C)ccc1C)C(C)=CC(C)(C)N2. The molecule has 0 fully saturated rings. The van der Waals surface area contributed by atoms with Crippen LogP contribution in [0.2, 0.25) is 0 Å². The fraction of sp³-hybridized carbons (Fsp3) is 0.265. The lowest BCUT2D eigenvalue weighted by molar-refractivity contribution is 0.0699. The maximum absolute atomic E-state index is 12.6. The molecule has 1 N–H and O–H groups in total. The number of hydrogen-bond acceptors (Lipinski definition) is 6. The highest BCUT2D eigenvalue weighted by molar-refractivity contribution is 5.90. The molecule has 0 spiro atoms. The van der Waals surface area contributed by atoms with Crippen LogP contribution in [0, 0.1) is 20.8 Å². The number of furan rings is 1. The van der Waals surface area contributed by atoms with E-state index in [1.165, 1.54) is 5.57 Å². The van der Waals surface area contributed by atoms with E-state index in [4.69, 9.17) is 18.6 Å². The molecule has 0 atom stereocenters. The number of aryl methyl sites for hydroxylation is 3. The largest absolute Gasteiger partial charge is 0.496 e. The van der Waals surface area contributed by atoms with Crippen molar-refractivity contribution in [3.05, 3.63) is 101 Å². The number of anilines is 1. The van der Waals surface area contributed by atoms with Gasteiger partial charge in [0.05, 0.1) is 12.6 Å². The summed E-state index contributed by atoms with van der Waals surface area (Å²) in [4.78, 5) is 12.6. The third-order valence-corrected chi connectivity index (χ3v) is 7.07. The molecule has 6 heteroatoms. The number of benzene rings is 3. The van der Waals surface area contributed by atoms with Crippen LogP contribution in [0.5, 0.6) is 17.2 Å². The van der Waals surface area contributed by atoms with Gasteiger partial charge in [0.2, 0.25) is 5.76 Å². The van der Waals surface area contributed by atoms with E-state index < -0.39 is 5.97 Å². The van der Waals surface area contributed by atoms with Crippen molar-refractivity contribution in [2.75, 3.05) is 12.4 Å². The van der Waals surface area contributed by atoms with Crippen LogP contribution in [0.1, 0.15) is 59.3 Å². The summed E-state index contributed by atoms with van der Waals surface area (Å²) >= 11 is 0. The van der Waals surface area contributed by atoms with Gasteiger partial charge in [-0.3, -0.25) is 0 Å². The lowest BCUT2D eigenvalue weighted by atomic mass is 9.85. The Morgan fingerprint density at radius 1 is 0.900 bits per heavy atom. The normalized spacial score (nSPS) is 13.6. The zero-order valence-electron chi connectivity index (χ0n) is 24.1. The fourth-order valence-electron chi connectivity index (χ4n) is 5.27. The Bertz CT molecular complexity index is 1630. The van der Waals surface area contributed by atoms with Crippen molar-refractivity contribution in [1.82, 2.24) is 0 Å². The van der Waals surface area contributed by atoms with Gasteiger partial charge in [0.25, 0.3) is 0 Å². The second-order valence-electron chi connectivity index (χ2n) is 10.9. The number of carbonyl (C=O) groups excluding carboxylic acids is 1. The molecular formula is C34H35NO5. The molecule has 1 aromatic heterocycles. The highest BCUT2D eigenvalue weighted by atomic mass is 16.5. The van der Waals surface area contributed by atoms with E-state index in [0.717, 1.165) is 44.8 Å². The number of esters is 1. The molecule has 1 aliphatic rings. The predicted molar refractivity (Wildman–Crippen MR) is 158 cm³/mol. The van der Waals surface area contributed by atoms with Crippen LogP contribution in [0.4, 0.5) is 5.69 Å². The monoisotopic (exact) mass is 537 g/mol. The minimum atomic E-state index is -0.561. The van der Waals surface area contributed by atoms with Crippen LogP contribution in [0.15, 0.2) is 71.2 Å². The van der Waals surface area contributed by atoms with Crippen molar-refractivity contribution in [2.45, 2.75) is 53.7 Å².